The first-order valence-electron chi connectivity index (χ1n) is 10.2. The van der Waals surface area contributed by atoms with Gasteiger partial charge in [0.25, 0.3) is 0 Å². The van der Waals surface area contributed by atoms with Gasteiger partial charge >= 0.3 is 6.03 Å². The second-order valence-electron chi connectivity index (χ2n) is 7.67. The number of para-hydroxylation sites is 1. The van der Waals surface area contributed by atoms with Crippen LogP contribution in [-0.4, -0.2) is 47.6 Å². The summed E-state index contributed by atoms with van der Waals surface area (Å²) in [5.41, 5.74) is 7.16. The number of fused-ring (bicyclic) bond motifs is 1. The van der Waals surface area contributed by atoms with Crippen molar-refractivity contribution in [2.75, 3.05) is 24.6 Å². The molecule has 9 heteroatoms. The van der Waals surface area contributed by atoms with Crippen molar-refractivity contribution in [3.63, 3.8) is 0 Å². The highest BCUT2D eigenvalue weighted by Crippen LogP contribution is 2.28. The molecule has 3 N–H and O–H groups in total. The van der Waals surface area contributed by atoms with Crippen molar-refractivity contribution in [3.8, 4) is 5.75 Å². The molecule has 0 spiro atoms. The van der Waals surface area contributed by atoms with Crippen molar-refractivity contribution in [3.05, 3.63) is 47.8 Å². The third kappa shape index (κ3) is 4.61. The highest BCUT2D eigenvalue weighted by Gasteiger charge is 2.27. The van der Waals surface area contributed by atoms with E-state index in [1.54, 1.807) is 18.5 Å². The molecule has 0 saturated carbocycles. The van der Waals surface area contributed by atoms with Crippen molar-refractivity contribution in [2.45, 2.75) is 32.2 Å². The van der Waals surface area contributed by atoms with Crippen LogP contribution in [0.2, 0.25) is 0 Å². The molecule has 158 valence electrons. The van der Waals surface area contributed by atoms with Gasteiger partial charge in [-0.2, -0.15) is 0 Å². The van der Waals surface area contributed by atoms with Gasteiger partial charge in [-0.25, -0.2) is 20.2 Å². The molecule has 9 nitrogen and oxygen atoms in total. The molecule has 2 aliphatic rings. The minimum Gasteiger partial charge on any atom is -0.491 e. The molecule has 1 saturated heterocycles. The van der Waals surface area contributed by atoms with E-state index in [-0.39, 0.29) is 17.9 Å². The van der Waals surface area contributed by atoms with Gasteiger partial charge in [0.1, 0.15) is 12.4 Å². The number of ether oxygens (including phenoxy) is 1. The van der Waals surface area contributed by atoms with Crippen LogP contribution in [0.25, 0.3) is 0 Å². The average molecular weight is 410 g/mol. The number of amides is 3. The lowest BCUT2D eigenvalue weighted by atomic mass is 9.96. The standard InChI is InChI=1S/C21H26N6O3/c1-14-4-2-5-16-12-17(13-30-18(14)16)24-21(29)26-25-19(28)15-6-10-27(11-7-15)20-22-8-3-9-23-20/h2-5,8-9,15,17H,6-7,10-13H2,1H3,(H,25,28)(H2,24,26,29). The topological polar surface area (TPSA) is 108 Å². The zero-order valence-electron chi connectivity index (χ0n) is 16.9. The fraction of sp³-hybridized carbons (Fsp3) is 0.429. The van der Waals surface area contributed by atoms with Crippen LogP contribution in [0.1, 0.15) is 24.0 Å². The van der Waals surface area contributed by atoms with Crippen LogP contribution in [0.4, 0.5) is 10.7 Å². The molecule has 0 bridgehead atoms. The number of urea groups is 1. The van der Waals surface area contributed by atoms with Gasteiger partial charge in [-0.3, -0.25) is 10.2 Å². The minimum atomic E-state index is -0.442. The Morgan fingerprint density at radius 2 is 1.87 bits per heavy atom. The van der Waals surface area contributed by atoms with Gasteiger partial charge in [-0.05, 0) is 43.4 Å². The summed E-state index contributed by atoms with van der Waals surface area (Å²) < 4.78 is 5.79. The third-order valence-corrected chi connectivity index (χ3v) is 5.52. The summed E-state index contributed by atoms with van der Waals surface area (Å²) in [7, 11) is 0. The number of hydrogen-bond donors (Lipinski definition) is 3. The number of piperidine rings is 1. The maximum absolute atomic E-state index is 12.4. The number of carbonyl (C=O) groups is 2. The fourth-order valence-corrected chi connectivity index (χ4v) is 3.92. The van der Waals surface area contributed by atoms with Crippen LogP contribution in [-0.2, 0) is 11.2 Å². The van der Waals surface area contributed by atoms with E-state index in [1.165, 1.54) is 0 Å². The molecule has 4 rings (SSSR count). The Labute approximate surface area is 175 Å². The van der Waals surface area contributed by atoms with E-state index < -0.39 is 6.03 Å². The summed E-state index contributed by atoms with van der Waals surface area (Å²) in [6.45, 7) is 3.81. The van der Waals surface area contributed by atoms with Crippen LogP contribution in [0.15, 0.2) is 36.7 Å². The highest BCUT2D eigenvalue weighted by atomic mass is 16.5. The Morgan fingerprint density at radius 3 is 2.63 bits per heavy atom. The summed E-state index contributed by atoms with van der Waals surface area (Å²) in [4.78, 5) is 35.2. The van der Waals surface area contributed by atoms with E-state index in [4.69, 9.17) is 4.74 Å². The van der Waals surface area contributed by atoms with E-state index in [0.717, 1.165) is 16.9 Å². The first-order valence-corrected chi connectivity index (χ1v) is 10.2. The fourth-order valence-electron chi connectivity index (χ4n) is 3.92. The summed E-state index contributed by atoms with van der Waals surface area (Å²) >= 11 is 0. The number of aryl methyl sites for hydroxylation is 1. The molecule has 0 radical (unpaired) electrons. The number of nitrogens with zero attached hydrogens (tertiary/aromatic N) is 3. The highest BCUT2D eigenvalue weighted by molar-refractivity contribution is 5.83. The Hall–Kier alpha value is -3.36. The van der Waals surface area contributed by atoms with Crippen LogP contribution in [0.5, 0.6) is 5.75 Å². The van der Waals surface area contributed by atoms with Crippen molar-refractivity contribution in [1.82, 2.24) is 26.1 Å². The smallest absolute Gasteiger partial charge is 0.333 e. The third-order valence-electron chi connectivity index (χ3n) is 5.52. The SMILES string of the molecule is Cc1cccc2c1OCC(NC(=O)NNC(=O)C1CCN(c3ncccn3)CC1)C2. The molecule has 2 aliphatic heterocycles. The zero-order chi connectivity index (χ0) is 20.9. The van der Waals surface area contributed by atoms with Crippen molar-refractivity contribution < 1.29 is 14.3 Å². The Kier molecular flexibility index (Phi) is 5.97. The molecular formula is C21H26N6O3. The van der Waals surface area contributed by atoms with E-state index in [9.17, 15) is 9.59 Å². The monoisotopic (exact) mass is 410 g/mol. The average Bonchev–Trinajstić information content (AvgIpc) is 2.78. The molecule has 1 aromatic carbocycles. The van der Waals surface area contributed by atoms with Crippen molar-refractivity contribution in [2.24, 2.45) is 5.92 Å². The quantitative estimate of drug-likeness (QED) is 0.659. The van der Waals surface area contributed by atoms with Crippen molar-refractivity contribution >= 4 is 17.9 Å². The second-order valence-corrected chi connectivity index (χ2v) is 7.67. The van der Waals surface area contributed by atoms with E-state index in [2.05, 4.69) is 31.0 Å². The number of hydrazine groups is 1. The molecule has 1 aromatic heterocycles. The van der Waals surface area contributed by atoms with Crippen LogP contribution in [0.3, 0.4) is 0 Å². The lowest BCUT2D eigenvalue weighted by Gasteiger charge is -2.31. The largest absolute Gasteiger partial charge is 0.491 e. The van der Waals surface area contributed by atoms with Gasteiger partial charge in [-0.1, -0.05) is 18.2 Å². The molecule has 1 atom stereocenters. The summed E-state index contributed by atoms with van der Waals surface area (Å²) in [5.74, 6) is 1.25. The predicted molar refractivity (Wildman–Crippen MR) is 111 cm³/mol. The lowest BCUT2D eigenvalue weighted by molar-refractivity contribution is -0.126. The van der Waals surface area contributed by atoms with Gasteiger partial charge in [0.05, 0.1) is 6.04 Å². The number of nitrogens with one attached hydrogen (secondary N) is 3. The Bertz CT molecular complexity index is 899. The minimum absolute atomic E-state index is 0.148. The number of benzene rings is 1. The molecule has 1 unspecified atom stereocenters. The molecule has 1 fully saturated rings. The second kappa shape index (κ2) is 8.98. The van der Waals surface area contributed by atoms with Gasteiger partial charge in [0, 0.05) is 31.4 Å². The van der Waals surface area contributed by atoms with Gasteiger partial charge in [0.2, 0.25) is 11.9 Å². The first kappa shape index (κ1) is 19.9. The molecule has 30 heavy (non-hydrogen) atoms. The van der Waals surface area contributed by atoms with Gasteiger partial charge < -0.3 is 15.0 Å². The zero-order valence-corrected chi connectivity index (χ0v) is 16.9. The van der Waals surface area contributed by atoms with Crippen LogP contribution in [0, 0.1) is 12.8 Å². The molecule has 3 amide bonds. The van der Waals surface area contributed by atoms with Gasteiger partial charge in [-0.15, -0.1) is 0 Å². The first-order chi connectivity index (χ1) is 14.6. The Morgan fingerprint density at radius 1 is 1.10 bits per heavy atom. The van der Waals surface area contributed by atoms with E-state index in [0.29, 0.717) is 44.9 Å². The molecule has 3 heterocycles. The molecule has 0 aliphatic carbocycles. The molecule has 2 aromatic rings. The maximum Gasteiger partial charge on any atom is 0.333 e. The van der Waals surface area contributed by atoms with Crippen molar-refractivity contribution in [1.29, 1.82) is 0 Å². The lowest BCUT2D eigenvalue weighted by Crippen LogP contribution is -2.54. The molecular weight excluding hydrogens is 384 g/mol. The maximum atomic E-state index is 12.4. The predicted octanol–water partition coefficient (Wildman–Crippen LogP) is 1.34. The number of hydrogen-bond acceptors (Lipinski definition) is 6. The van der Waals surface area contributed by atoms with E-state index >= 15 is 0 Å². The number of rotatable bonds is 3. The van der Waals surface area contributed by atoms with Crippen LogP contribution >= 0.6 is 0 Å². The number of aromatic nitrogens is 2. The number of anilines is 1. The summed E-state index contributed by atoms with van der Waals surface area (Å²) in [5, 5.41) is 2.85. The number of carbonyl (C=O) groups excluding carboxylic acids is 2. The van der Waals surface area contributed by atoms with Gasteiger partial charge in [0.15, 0.2) is 0 Å². The normalized spacial score (nSPS) is 18.7. The summed E-state index contributed by atoms with van der Waals surface area (Å²) in [6, 6.07) is 7.18. The van der Waals surface area contributed by atoms with E-state index in [1.807, 2.05) is 25.1 Å². The Balaban J connectivity index is 1.20. The summed E-state index contributed by atoms with van der Waals surface area (Å²) in [6.07, 6.45) is 5.47. The van der Waals surface area contributed by atoms with Crippen LogP contribution < -0.4 is 25.8 Å².